The van der Waals surface area contributed by atoms with Crippen LogP contribution < -0.4 is 5.32 Å². The van der Waals surface area contributed by atoms with Crippen molar-refractivity contribution in [1.82, 2.24) is 5.32 Å². The van der Waals surface area contributed by atoms with Crippen molar-refractivity contribution in [2.45, 2.75) is 57.9 Å². The zero-order valence-corrected chi connectivity index (χ0v) is 14.4. The molecule has 4 heteroatoms. The van der Waals surface area contributed by atoms with Crippen molar-refractivity contribution in [1.29, 1.82) is 0 Å². The van der Waals surface area contributed by atoms with Crippen LogP contribution in [0.5, 0.6) is 0 Å². The Labute approximate surface area is 143 Å². The zero-order valence-electron chi connectivity index (χ0n) is 14.4. The monoisotopic (exact) mass is 327 g/mol. The van der Waals surface area contributed by atoms with Crippen molar-refractivity contribution >= 4 is 17.4 Å². The summed E-state index contributed by atoms with van der Waals surface area (Å²) in [6, 6.07) is 5.17. The lowest BCUT2D eigenvalue weighted by Crippen LogP contribution is -2.44. The van der Waals surface area contributed by atoms with E-state index in [-0.39, 0.29) is 17.2 Å². The minimum Gasteiger partial charge on any atom is -0.478 e. The minimum absolute atomic E-state index is 0.139. The maximum Gasteiger partial charge on any atom is 0.335 e. The van der Waals surface area contributed by atoms with E-state index >= 15 is 0 Å². The second kappa shape index (κ2) is 6.42. The first-order chi connectivity index (χ1) is 11.4. The van der Waals surface area contributed by atoms with Crippen molar-refractivity contribution in [3.05, 3.63) is 41.0 Å². The van der Waals surface area contributed by atoms with E-state index in [1.165, 1.54) is 6.42 Å². The summed E-state index contributed by atoms with van der Waals surface area (Å²) in [6.07, 6.45) is 7.95. The van der Waals surface area contributed by atoms with Crippen LogP contribution in [0.15, 0.2) is 24.3 Å². The number of hydrogen-bond donors (Lipinski definition) is 2. The molecule has 1 fully saturated rings. The number of allylic oxidation sites excluding steroid dienone is 1. The zero-order chi connectivity index (χ0) is 17.3. The molecule has 0 saturated heterocycles. The highest BCUT2D eigenvalue weighted by Crippen LogP contribution is 2.32. The van der Waals surface area contributed by atoms with Gasteiger partial charge in [0.2, 0.25) is 0 Å². The van der Waals surface area contributed by atoms with Gasteiger partial charge in [0.15, 0.2) is 5.78 Å². The molecule has 4 nitrogen and oxygen atoms in total. The summed E-state index contributed by atoms with van der Waals surface area (Å²) in [5.41, 5.74) is 2.85. The number of benzene rings is 1. The number of hydrogen-bond acceptors (Lipinski definition) is 3. The molecule has 2 N–H and O–H groups in total. The molecule has 128 valence electrons. The van der Waals surface area contributed by atoms with Crippen LogP contribution in [-0.2, 0) is 11.2 Å². The molecule has 1 heterocycles. The van der Waals surface area contributed by atoms with Gasteiger partial charge in [-0.2, -0.15) is 0 Å². The second-order valence-corrected chi connectivity index (χ2v) is 7.66. The maximum absolute atomic E-state index is 12.7. The Balaban J connectivity index is 1.95. The Hall–Kier alpha value is -2.10. The predicted octanol–water partition coefficient (Wildman–Crippen LogP) is 3.80. The van der Waals surface area contributed by atoms with Gasteiger partial charge in [-0.15, -0.1) is 0 Å². The quantitative estimate of drug-likeness (QED) is 0.829. The van der Waals surface area contributed by atoms with Gasteiger partial charge in [0.1, 0.15) is 0 Å². The Morgan fingerprint density at radius 2 is 1.92 bits per heavy atom. The van der Waals surface area contributed by atoms with Crippen LogP contribution in [0.1, 0.15) is 67.4 Å². The lowest BCUT2D eigenvalue weighted by molar-refractivity contribution is -0.119. The van der Waals surface area contributed by atoms with E-state index in [2.05, 4.69) is 19.2 Å². The molecule has 0 unspecified atom stereocenters. The average Bonchev–Trinajstić information content (AvgIpc) is 2.54. The molecule has 2 aliphatic rings. The highest BCUT2D eigenvalue weighted by Gasteiger charge is 2.29. The molecular formula is C20H25NO3. The number of rotatable bonds is 3. The summed E-state index contributed by atoms with van der Waals surface area (Å²) >= 11 is 0. The van der Waals surface area contributed by atoms with E-state index in [4.69, 9.17) is 0 Å². The number of carboxylic acids is 1. The highest BCUT2D eigenvalue weighted by atomic mass is 16.4. The van der Waals surface area contributed by atoms with E-state index in [9.17, 15) is 14.7 Å². The molecule has 0 aromatic heterocycles. The normalized spacial score (nSPS) is 21.8. The number of carbonyl (C=O) groups is 2. The van der Waals surface area contributed by atoms with Gasteiger partial charge in [-0.05, 0) is 50.8 Å². The summed E-state index contributed by atoms with van der Waals surface area (Å²) in [5.74, 6) is -0.582. The topological polar surface area (TPSA) is 66.4 Å². The van der Waals surface area contributed by atoms with Gasteiger partial charge >= 0.3 is 5.97 Å². The van der Waals surface area contributed by atoms with Crippen LogP contribution in [-0.4, -0.2) is 22.4 Å². The molecule has 1 aliphatic carbocycles. The first kappa shape index (κ1) is 16.7. The summed E-state index contributed by atoms with van der Waals surface area (Å²) in [5, 5.41) is 12.7. The third-order valence-electron chi connectivity index (χ3n) is 5.04. The Bertz CT molecular complexity index is 697. The van der Waals surface area contributed by atoms with Crippen molar-refractivity contribution in [2.75, 3.05) is 0 Å². The number of carboxylic acid groups (broad SMARTS) is 1. The van der Waals surface area contributed by atoms with E-state index in [0.717, 1.165) is 48.9 Å². The fraction of sp³-hybridized carbons (Fsp3) is 0.500. The molecule has 1 saturated carbocycles. The van der Waals surface area contributed by atoms with Crippen molar-refractivity contribution < 1.29 is 14.7 Å². The smallest absolute Gasteiger partial charge is 0.335 e. The molecule has 1 aromatic carbocycles. The molecule has 0 spiro atoms. The summed E-state index contributed by atoms with van der Waals surface area (Å²) in [7, 11) is 0. The van der Waals surface area contributed by atoms with Crippen LogP contribution in [0.4, 0.5) is 0 Å². The molecule has 24 heavy (non-hydrogen) atoms. The Morgan fingerprint density at radius 3 is 2.58 bits per heavy atom. The molecule has 0 radical (unpaired) electrons. The first-order valence-corrected chi connectivity index (χ1v) is 8.76. The molecule has 3 rings (SSSR count). The van der Waals surface area contributed by atoms with Gasteiger partial charge in [-0.25, -0.2) is 4.79 Å². The summed E-state index contributed by atoms with van der Waals surface area (Å²) in [4.78, 5) is 23.9. The lowest BCUT2D eigenvalue weighted by Gasteiger charge is -2.36. The molecule has 1 aliphatic heterocycles. The second-order valence-electron chi connectivity index (χ2n) is 7.66. The lowest BCUT2D eigenvalue weighted by atomic mass is 9.82. The third kappa shape index (κ3) is 3.53. The number of nitrogens with one attached hydrogen (secondary N) is 1. The molecular weight excluding hydrogens is 302 g/mol. The number of fused-ring (bicyclic) bond motifs is 1. The van der Waals surface area contributed by atoms with Crippen LogP contribution in [0, 0.1) is 5.92 Å². The fourth-order valence-corrected chi connectivity index (χ4v) is 3.85. The van der Waals surface area contributed by atoms with Crippen molar-refractivity contribution in [3.8, 4) is 0 Å². The number of carbonyl (C=O) groups excluding carboxylic acids is 1. The van der Waals surface area contributed by atoms with Gasteiger partial charge in [-0.3, -0.25) is 4.79 Å². The fourth-order valence-electron chi connectivity index (χ4n) is 3.85. The standard InChI is InChI=1S/C20H25NO3/c1-20(2)12-15-10-14(19(23)24)8-9-16(15)17(21-20)11-18(22)13-6-4-3-5-7-13/h8-11,13,21H,3-7,12H2,1-2H3,(H,23,24). The van der Waals surface area contributed by atoms with E-state index in [1.54, 1.807) is 18.2 Å². The van der Waals surface area contributed by atoms with Gasteiger partial charge < -0.3 is 10.4 Å². The van der Waals surface area contributed by atoms with Crippen LogP contribution in [0.25, 0.3) is 5.70 Å². The Kier molecular flexibility index (Phi) is 4.48. The van der Waals surface area contributed by atoms with Crippen molar-refractivity contribution in [2.24, 2.45) is 5.92 Å². The largest absolute Gasteiger partial charge is 0.478 e. The van der Waals surface area contributed by atoms with E-state index in [1.807, 2.05) is 6.07 Å². The van der Waals surface area contributed by atoms with Gasteiger partial charge in [-0.1, -0.05) is 25.3 Å². The van der Waals surface area contributed by atoms with E-state index in [0.29, 0.717) is 5.56 Å². The maximum atomic E-state index is 12.7. The predicted molar refractivity (Wildman–Crippen MR) is 93.9 cm³/mol. The van der Waals surface area contributed by atoms with Gasteiger partial charge in [0, 0.05) is 28.8 Å². The summed E-state index contributed by atoms with van der Waals surface area (Å²) < 4.78 is 0. The minimum atomic E-state index is -0.919. The molecule has 1 aromatic rings. The van der Waals surface area contributed by atoms with Crippen molar-refractivity contribution in [3.63, 3.8) is 0 Å². The third-order valence-corrected chi connectivity index (χ3v) is 5.04. The van der Waals surface area contributed by atoms with Gasteiger partial charge in [0.25, 0.3) is 0 Å². The number of ketones is 1. The highest BCUT2D eigenvalue weighted by molar-refractivity contribution is 5.99. The molecule has 0 bridgehead atoms. The van der Waals surface area contributed by atoms with Crippen LogP contribution in [0.3, 0.4) is 0 Å². The average molecular weight is 327 g/mol. The summed E-state index contributed by atoms with van der Waals surface area (Å²) in [6.45, 7) is 4.14. The molecule has 0 amide bonds. The number of aromatic carboxylic acids is 1. The first-order valence-electron chi connectivity index (χ1n) is 8.76. The Morgan fingerprint density at radius 1 is 1.21 bits per heavy atom. The van der Waals surface area contributed by atoms with E-state index < -0.39 is 5.97 Å². The SMILES string of the molecule is CC1(C)Cc2cc(C(=O)O)ccc2C(=CC(=O)C2CCCCC2)N1. The molecule has 0 atom stereocenters. The van der Waals surface area contributed by atoms with Crippen LogP contribution >= 0.6 is 0 Å². The van der Waals surface area contributed by atoms with Crippen LogP contribution in [0.2, 0.25) is 0 Å². The van der Waals surface area contributed by atoms with Gasteiger partial charge in [0.05, 0.1) is 5.56 Å².